The minimum absolute atomic E-state index is 0.893. The Hall–Kier alpha value is -0.480. The molecule has 1 rings (SSSR count). The summed E-state index contributed by atoms with van der Waals surface area (Å²) in [5.41, 5.74) is 1.46. The van der Waals surface area contributed by atoms with Crippen molar-refractivity contribution in [2.45, 2.75) is 59.3 Å². The SMILES string of the molecule is CCCCP(=Cc1ccccc1)(CCCC)CCCC. The van der Waals surface area contributed by atoms with E-state index < -0.39 is 6.89 Å². The van der Waals surface area contributed by atoms with Crippen LogP contribution in [0.5, 0.6) is 0 Å². The first-order valence-corrected chi connectivity index (χ1v) is 10.9. The molecule has 0 aliphatic heterocycles. The lowest BCUT2D eigenvalue weighted by Crippen LogP contribution is -2.05. The molecule has 0 spiro atoms. The smallest absolute Gasteiger partial charge is 0.0255 e. The van der Waals surface area contributed by atoms with Gasteiger partial charge in [0.25, 0.3) is 0 Å². The molecule has 0 nitrogen and oxygen atoms in total. The predicted octanol–water partition coefficient (Wildman–Crippen LogP) is 6.25. The topological polar surface area (TPSA) is 0 Å². The van der Waals surface area contributed by atoms with E-state index in [-0.39, 0.29) is 0 Å². The summed E-state index contributed by atoms with van der Waals surface area (Å²) in [5, 5.41) is 0. The Kier molecular flexibility index (Phi) is 9.03. The average Bonchev–Trinajstić information content (AvgIpc) is 2.49. The van der Waals surface area contributed by atoms with Crippen LogP contribution in [0, 0.1) is 0 Å². The van der Waals surface area contributed by atoms with Crippen molar-refractivity contribution >= 4 is 12.7 Å². The highest BCUT2D eigenvalue weighted by atomic mass is 31.2. The van der Waals surface area contributed by atoms with E-state index in [1.165, 1.54) is 62.6 Å². The summed E-state index contributed by atoms with van der Waals surface area (Å²) >= 11 is 0. The molecule has 0 saturated heterocycles. The summed E-state index contributed by atoms with van der Waals surface area (Å²) in [4.78, 5) is 0. The second-order valence-electron chi connectivity index (χ2n) is 5.99. The minimum Gasteiger partial charge on any atom is -0.104 e. The first-order chi connectivity index (χ1) is 9.76. The standard InChI is InChI=1S/C19H33P/c1-4-7-15-20(16-8-5-2,17-9-6-3)18-19-13-11-10-12-14-19/h10-14,18H,4-9,15-17H2,1-3H3. The van der Waals surface area contributed by atoms with E-state index in [1.54, 1.807) is 0 Å². The van der Waals surface area contributed by atoms with Gasteiger partial charge >= 0.3 is 0 Å². The number of unbranched alkanes of at least 4 members (excludes halogenated alkanes) is 3. The van der Waals surface area contributed by atoms with Gasteiger partial charge in [0.2, 0.25) is 0 Å². The molecule has 1 aromatic carbocycles. The molecular formula is C19H33P. The van der Waals surface area contributed by atoms with Crippen molar-refractivity contribution in [3.05, 3.63) is 35.9 Å². The van der Waals surface area contributed by atoms with Crippen molar-refractivity contribution < 1.29 is 0 Å². The molecule has 0 bridgehead atoms. The van der Waals surface area contributed by atoms with Crippen LogP contribution in [0.4, 0.5) is 0 Å². The van der Waals surface area contributed by atoms with Crippen molar-refractivity contribution in [3.63, 3.8) is 0 Å². The lowest BCUT2D eigenvalue weighted by molar-refractivity contribution is 0.845. The molecule has 1 aromatic rings. The average molecular weight is 292 g/mol. The molecule has 0 aliphatic carbocycles. The lowest BCUT2D eigenvalue weighted by atomic mass is 10.2. The zero-order chi connectivity index (χ0) is 14.7. The Morgan fingerprint density at radius 3 is 1.60 bits per heavy atom. The van der Waals surface area contributed by atoms with Crippen LogP contribution in [0.15, 0.2) is 30.3 Å². The lowest BCUT2D eigenvalue weighted by Gasteiger charge is -2.27. The Balaban J connectivity index is 3.01. The summed E-state index contributed by atoms with van der Waals surface area (Å²) in [6.07, 6.45) is 12.6. The van der Waals surface area contributed by atoms with E-state index in [4.69, 9.17) is 0 Å². The fourth-order valence-corrected chi connectivity index (χ4v) is 7.50. The molecule has 20 heavy (non-hydrogen) atoms. The van der Waals surface area contributed by atoms with Gasteiger partial charge in [-0.05, 0) is 43.3 Å². The van der Waals surface area contributed by atoms with E-state index in [0.29, 0.717) is 0 Å². The van der Waals surface area contributed by atoms with Gasteiger partial charge < -0.3 is 0 Å². The van der Waals surface area contributed by atoms with Crippen LogP contribution in [0.3, 0.4) is 0 Å². The zero-order valence-corrected chi connectivity index (χ0v) is 14.7. The van der Waals surface area contributed by atoms with Gasteiger partial charge in [-0.25, -0.2) is 0 Å². The van der Waals surface area contributed by atoms with Gasteiger partial charge in [0.1, 0.15) is 0 Å². The van der Waals surface area contributed by atoms with Crippen LogP contribution in [0.2, 0.25) is 0 Å². The predicted molar refractivity (Wildman–Crippen MR) is 97.9 cm³/mol. The second kappa shape index (κ2) is 10.3. The van der Waals surface area contributed by atoms with Gasteiger partial charge in [-0.2, -0.15) is 0 Å². The van der Waals surface area contributed by atoms with Crippen LogP contribution in [0.25, 0.3) is 0 Å². The molecule has 0 heterocycles. The zero-order valence-electron chi connectivity index (χ0n) is 13.8. The molecule has 0 unspecified atom stereocenters. The van der Waals surface area contributed by atoms with Crippen molar-refractivity contribution in [1.29, 1.82) is 0 Å². The molecule has 0 aliphatic rings. The molecule has 114 valence electrons. The monoisotopic (exact) mass is 292 g/mol. The number of hydrogen-bond acceptors (Lipinski definition) is 0. The third-order valence-corrected chi connectivity index (χ3v) is 8.56. The first-order valence-electron chi connectivity index (χ1n) is 8.53. The number of benzene rings is 1. The minimum atomic E-state index is -0.893. The molecule has 0 saturated carbocycles. The van der Waals surface area contributed by atoms with Crippen molar-refractivity contribution in [2.24, 2.45) is 0 Å². The summed E-state index contributed by atoms with van der Waals surface area (Å²) in [5.74, 6) is 2.70. The van der Waals surface area contributed by atoms with Gasteiger partial charge in [0.05, 0.1) is 0 Å². The summed E-state index contributed by atoms with van der Waals surface area (Å²) in [7, 11) is 0. The fourth-order valence-electron chi connectivity index (χ4n) is 2.80. The molecule has 0 atom stereocenters. The van der Waals surface area contributed by atoms with Gasteiger partial charge in [0, 0.05) is 0 Å². The first kappa shape index (κ1) is 17.6. The third-order valence-electron chi connectivity index (χ3n) is 4.09. The maximum absolute atomic E-state index is 2.70. The van der Waals surface area contributed by atoms with Crippen molar-refractivity contribution in [1.82, 2.24) is 0 Å². The van der Waals surface area contributed by atoms with Crippen LogP contribution in [0.1, 0.15) is 64.9 Å². The fraction of sp³-hybridized carbons (Fsp3) is 0.632. The largest absolute Gasteiger partial charge is 0.104 e. The van der Waals surface area contributed by atoms with Crippen LogP contribution >= 0.6 is 6.89 Å². The van der Waals surface area contributed by atoms with E-state index in [2.05, 4.69) is 56.9 Å². The van der Waals surface area contributed by atoms with Crippen molar-refractivity contribution in [3.8, 4) is 0 Å². The van der Waals surface area contributed by atoms with E-state index in [1.807, 2.05) is 0 Å². The highest BCUT2D eigenvalue weighted by Gasteiger charge is 2.16. The van der Waals surface area contributed by atoms with Crippen molar-refractivity contribution in [2.75, 3.05) is 18.5 Å². The third kappa shape index (κ3) is 6.31. The normalized spacial score (nSPS) is 11.6. The highest BCUT2D eigenvalue weighted by Crippen LogP contribution is 2.50. The van der Waals surface area contributed by atoms with Gasteiger partial charge in [-0.3, -0.25) is 0 Å². The van der Waals surface area contributed by atoms with E-state index in [0.717, 1.165) is 0 Å². The summed E-state index contributed by atoms with van der Waals surface area (Å²) in [6.45, 7) is 6.10. The molecule has 1 heteroatoms. The summed E-state index contributed by atoms with van der Waals surface area (Å²) < 4.78 is 0. The Bertz CT molecular complexity index is 363. The molecule has 0 aromatic heterocycles. The Morgan fingerprint density at radius 1 is 0.750 bits per heavy atom. The number of rotatable bonds is 10. The second-order valence-corrected chi connectivity index (χ2v) is 10.0. The molecular weight excluding hydrogens is 259 g/mol. The van der Waals surface area contributed by atoms with Crippen LogP contribution in [-0.2, 0) is 0 Å². The maximum atomic E-state index is 2.70. The van der Waals surface area contributed by atoms with E-state index >= 15 is 0 Å². The molecule has 0 fully saturated rings. The quantitative estimate of drug-likeness (QED) is 0.447. The van der Waals surface area contributed by atoms with Gasteiger partial charge in [0.15, 0.2) is 0 Å². The Morgan fingerprint density at radius 2 is 1.20 bits per heavy atom. The van der Waals surface area contributed by atoms with Crippen LogP contribution < -0.4 is 0 Å². The molecule has 0 amide bonds. The highest BCUT2D eigenvalue weighted by molar-refractivity contribution is 7.75. The molecule has 0 radical (unpaired) electrons. The maximum Gasteiger partial charge on any atom is -0.0255 e. The van der Waals surface area contributed by atoms with Crippen LogP contribution in [-0.4, -0.2) is 24.3 Å². The number of hydrogen-bond donors (Lipinski definition) is 0. The molecule has 0 N–H and O–H groups in total. The Labute approximate surface area is 127 Å². The van der Waals surface area contributed by atoms with Gasteiger partial charge in [-0.1, -0.05) is 76.2 Å². The summed E-state index contributed by atoms with van der Waals surface area (Å²) in [6, 6.07) is 11.1. The van der Waals surface area contributed by atoms with Gasteiger partial charge in [-0.15, -0.1) is 6.89 Å². The van der Waals surface area contributed by atoms with E-state index in [9.17, 15) is 0 Å².